The van der Waals surface area contributed by atoms with Crippen LogP contribution in [0.25, 0.3) is 0 Å². The second kappa shape index (κ2) is 2.87. The maximum absolute atomic E-state index is 10.5. The van der Waals surface area contributed by atoms with Gasteiger partial charge in [-0.3, -0.25) is 9.59 Å². The molecule has 5 heteroatoms. The first-order chi connectivity index (χ1) is 5.24. The number of hydrogen-bond donors (Lipinski definition) is 1. The predicted octanol–water partition coefficient (Wildman–Crippen LogP) is -0.612. The number of carbonyl (C=O) groups excluding carboxylic acids is 2. The average molecular weight is 151 g/mol. The van der Waals surface area contributed by atoms with Crippen molar-refractivity contribution in [2.45, 2.75) is 0 Å². The van der Waals surface area contributed by atoms with E-state index in [9.17, 15) is 9.59 Å². The Hall–Kier alpha value is -1.78. The molecule has 1 heterocycles. The first kappa shape index (κ1) is 7.33. The third kappa shape index (κ3) is 1.57. The van der Waals surface area contributed by atoms with E-state index in [1.807, 2.05) is 0 Å². The molecule has 0 aliphatic heterocycles. The number of carbonyl (C=O) groups is 2. The highest BCUT2D eigenvalue weighted by atomic mass is 16.1. The number of aromatic nitrogens is 2. The summed E-state index contributed by atoms with van der Waals surface area (Å²) < 4.78 is 0. The summed E-state index contributed by atoms with van der Waals surface area (Å²) in [4.78, 5) is 27.7. The first-order valence-electron chi connectivity index (χ1n) is 2.82. The molecule has 11 heavy (non-hydrogen) atoms. The standard InChI is InChI=1S/C6H5N3O2/c7-6(11)4-1-2-8-5(3-10)9-4/h1-3H,(H2,7,11). The molecule has 0 unspecified atom stereocenters. The molecular formula is C6H5N3O2. The van der Waals surface area contributed by atoms with E-state index in [2.05, 4.69) is 9.97 Å². The van der Waals surface area contributed by atoms with Crippen molar-refractivity contribution in [1.82, 2.24) is 9.97 Å². The lowest BCUT2D eigenvalue weighted by Gasteiger charge is -1.92. The van der Waals surface area contributed by atoms with Gasteiger partial charge in [0.05, 0.1) is 0 Å². The SMILES string of the molecule is NC(=O)c1ccnc(C=O)n1. The van der Waals surface area contributed by atoms with Crippen LogP contribution in [0.1, 0.15) is 21.1 Å². The highest BCUT2D eigenvalue weighted by Crippen LogP contribution is 1.91. The van der Waals surface area contributed by atoms with Crippen molar-refractivity contribution in [3.05, 3.63) is 23.8 Å². The van der Waals surface area contributed by atoms with E-state index in [-0.39, 0.29) is 11.5 Å². The molecule has 56 valence electrons. The minimum atomic E-state index is -0.671. The van der Waals surface area contributed by atoms with E-state index in [4.69, 9.17) is 5.73 Å². The van der Waals surface area contributed by atoms with Crippen molar-refractivity contribution in [1.29, 1.82) is 0 Å². The maximum Gasteiger partial charge on any atom is 0.267 e. The third-order valence-electron chi connectivity index (χ3n) is 1.03. The molecule has 0 atom stereocenters. The molecule has 1 aromatic heterocycles. The fraction of sp³-hybridized carbons (Fsp3) is 0. The monoisotopic (exact) mass is 151 g/mol. The molecule has 2 N–H and O–H groups in total. The van der Waals surface area contributed by atoms with Gasteiger partial charge in [-0.15, -0.1) is 0 Å². The molecule has 0 aliphatic carbocycles. The quantitative estimate of drug-likeness (QED) is 0.571. The summed E-state index contributed by atoms with van der Waals surface area (Å²) in [5.41, 5.74) is 4.94. The van der Waals surface area contributed by atoms with Gasteiger partial charge in [0.25, 0.3) is 5.91 Å². The number of primary amides is 1. The Morgan fingerprint density at radius 2 is 2.36 bits per heavy atom. The van der Waals surface area contributed by atoms with Crippen LogP contribution in [-0.4, -0.2) is 22.2 Å². The van der Waals surface area contributed by atoms with Crippen LogP contribution >= 0.6 is 0 Å². The topological polar surface area (TPSA) is 85.9 Å². The normalized spacial score (nSPS) is 9.09. The molecule has 0 spiro atoms. The van der Waals surface area contributed by atoms with Crippen molar-refractivity contribution in [2.24, 2.45) is 5.73 Å². The highest BCUT2D eigenvalue weighted by Gasteiger charge is 2.01. The zero-order chi connectivity index (χ0) is 8.27. The Balaban J connectivity index is 3.10. The Kier molecular flexibility index (Phi) is 1.91. The molecule has 0 saturated heterocycles. The summed E-state index contributed by atoms with van der Waals surface area (Å²) in [5, 5.41) is 0. The van der Waals surface area contributed by atoms with E-state index in [0.717, 1.165) is 0 Å². The number of aldehydes is 1. The molecule has 0 radical (unpaired) electrons. The van der Waals surface area contributed by atoms with E-state index < -0.39 is 5.91 Å². The fourth-order valence-electron chi connectivity index (χ4n) is 0.568. The number of hydrogen-bond acceptors (Lipinski definition) is 4. The van der Waals surface area contributed by atoms with Crippen molar-refractivity contribution >= 4 is 12.2 Å². The van der Waals surface area contributed by atoms with Gasteiger partial charge in [0, 0.05) is 6.20 Å². The minimum absolute atomic E-state index is 0.0405. The van der Waals surface area contributed by atoms with Gasteiger partial charge in [-0.2, -0.15) is 0 Å². The summed E-state index contributed by atoms with van der Waals surface area (Å²) in [6, 6.07) is 1.34. The lowest BCUT2D eigenvalue weighted by Crippen LogP contribution is -2.14. The third-order valence-corrected chi connectivity index (χ3v) is 1.03. The van der Waals surface area contributed by atoms with E-state index in [1.165, 1.54) is 12.3 Å². The average Bonchev–Trinajstić information content (AvgIpc) is 2.05. The molecule has 0 fully saturated rings. The zero-order valence-corrected chi connectivity index (χ0v) is 5.52. The van der Waals surface area contributed by atoms with Gasteiger partial charge < -0.3 is 5.73 Å². The molecule has 0 aliphatic rings. The van der Waals surface area contributed by atoms with Crippen LogP contribution < -0.4 is 5.73 Å². The van der Waals surface area contributed by atoms with E-state index in [0.29, 0.717) is 6.29 Å². The second-order valence-electron chi connectivity index (χ2n) is 1.78. The van der Waals surface area contributed by atoms with Crippen molar-refractivity contribution in [2.75, 3.05) is 0 Å². The summed E-state index contributed by atoms with van der Waals surface area (Å²) in [7, 11) is 0. The van der Waals surface area contributed by atoms with Gasteiger partial charge in [-0.05, 0) is 6.07 Å². The fourth-order valence-corrected chi connectivity index (χ4v) is 0.568. The summed E-state index contributed by atoms with van der Waals surface area (Å²) in [6.07, 6.45) is 1.75. The molecule has 0 bridgehead atoms. The van der Waals surface area contributed by atoms with Crippen molar-refractivity contribution in [3.63, 3.8) is 0 Å². The number of nitrogens with two attached hydrogens (primary N) is 1. The predicted molar refractivity (Wildman–Crippen MR) is 35.9 cm³/mol. The maximum atomic E-state index is 10.5. The second-order valence-corrected chi connectivity index (χ2v) is 1.78. The lowest BCUT2D eigenvalue weighted by atomic mass is 10.4. The largest absolute Gasteiger partial charge is 0.364 e. The Morgan fingerprint density at radius 1 is 1.64 bits per heavy atom. The van der Waals surface area contributed by atoms with Gasteiger partial charge in [0.1, 0.15) is 5.69 Å². The van der Waals surface area contributed by atoms with Gasteiger partial charge in [0.15, 0.2) is 12.1 Å². The number of nitrogens with zero attached hydrogens (tertiary/aromatic N) is 2. The number of amides is 1. The molecule has 0 saturated carbocycles. The van der Waals surface area contributed by atoms with Crippen molar-refractivity contribution in [3.8, 4) is 0 Å². The molecular weight excluding hydrogens is 146 g/mol. The van der Waals surface area contributed by atoms with Crippen LogP contribution in [0.2, 0.25) is 0 Å². The van der Waals surface area contributed by atoms with Crippen LogP contribution in [0.3, 0.4) is 0 Å². The van der Waals surface area contributed by atoms with Crippen LogP contribution in [0, 0.1) is 0 Å². The molecule has 1 aromatic rings. The summed E-state index contributed by atoms with van der Waals surface area (Å²) >= 11 is 0. The zero-order valence-electron chi connectivity index (χ0n) is 5.52. The number of rotatable bonds is 2. The van der Waals surface area contributed by atoms with Gasteiger partial charge in [0.2, 0.25) is 0 Å². The molecule has 1 rings (SSSR count). The van der Waals surface area contributed by atoms with Crippen LogP contribution in [0.15, 0.2) is 12.3 Å². The minimum Gasteiger partial charge on any atom is -0.364 e. The Morgan fingerprint density at radius 3 is 2.91 bits per heavy atom. The van der Waals surface area contributed by atoms with Crippen LogP contribution in [0.5, 0.6) is 0 Å². The van der Waals surface area contributed by atoms with E-state index in [1.54, 1.807) is 0 Å². The highest BCUT2D eigenvalue weighted by molar-refractivity contribution is 5.91. The molecule has 1 amide bonds. The van der Waals surface area contributed by atoms with Crippen LogP contribution in [-0.2, 0) is 0 Å². The lowest BCUT2D eigenvalue weighted by molar-refractivity contribution is 0.0995. The summed E-state index contributed by atoms with van der Waals surface area (Å²) in [5.74, 6) is -0.711. The summed E-state index contributed by atoms with van der Waals surface area (Å²) in [6.45, 7) is 0. The first-order valence-corrected chi connectivity index (χ1v) is 2.82. The Bertz CT molecular complexity index is 298. The smallest absolute Gasteiger partial charge is 0.267 e. The van der Waals surface area contributed by atoms with Crippen LogP contribution in [0.4, 0.5) is 0 Å². The molecule has 5 nitrogen and oxygen atoms in total. The van der Waals surface area contributed by atoms with E-state index >= 15 is 0 Å². The van der Waals surface area contributed by atoms with Gasteiger partial charge in [-0.25, -0.2) is 9.97 Å². The van der Waals surface area contributed by atoms with Gasteiger partial charge in [-0.1, -0.05) is 0 Å². The molecule has 0 aromatic carbocycles. The Labute approximate surface area is 62.3 Å². The van der Waals surface area contributed by atoms with Gasteiger partial charge >= 0.3 is 0 Å². The van der Waals surface area contributed by atoms with Crippen molar-refractivity contribution < 1.29 is 9.59 Å².